The molecule has 5 nitrogen and oxygen atoms in total. The second-order valence-electron chi connectivity index (χ2n) is 6.34. The summed E-state index contributed by atoms with van der Waals surface area (Å²) in [5.74, 6) is 1.39. The molecule has 0 unspecified atom stereocenters. The lowest BCUT2D eigenvalue weighted by Crippen LogP contribution is -2.33. The van der Waals surface area contributed by atoms with Crippen LogP contribution in [0.15, 0.2) is 71.5 Å². The van der Waals surface area contributed by atoms with Crippen LogP contribution in [0, 0.1) is 0 Å². The number of ether oxygens (including phenoxy) is 2. The van der Waals surface area contributed by atoms with Crippen molar-refractivity contribution in [2.24, 2.45) is 0 Å². The number of hydrogen-bond donors (Lipinski definition) is 1. The van der Waals surface area contributed by atoms with Crippen molar-refractivity contribution in [1.29, 1.82) is 0 Å². The number of pyridine rings is 1. The highest BCUT2D eigenvalue weighted by Crippen LogP contribution is 2.28. The van der Waals surface area contributed by atoms with Gasteiger partial charge in [-0.1, -0.05) is 28.1 Å². The van der Waals surface area contributed by atoms with Crippen LogP contribution in [0.3, 0.4) is 0 Å². The minimum atomic E-state index is 0.609. The minimum Gasteiger partial charge on any atom is -0.493 e. The van der Waals surface area contributed by atoms with Crippen molar-refractivity contribution < 1.29 is 9.47 Å². The molecular formula is C22H22BrN3O2S. The molecule has 1 aromatic heterocycles. The first kappa shape index (κ1) is 21.1. The molecule has 0 atom stereocenters. The van der Waals surface area contributed by atoms with E-state index >= 15 is 0 Å². The van der Waals surface area contributed by atoms with Crippen LogP contribution in [-0.4, -0.2) is 29.2 Å². The lowest BCUT2D eigenvalue weighted by molar-refractivity contribution is 0.352. The zero-order chi connectivity index (χ0) is 20.6. The first-order valence-electron chi connectivity index (χ1n) is 9.00. The van der Waals surface area contributed by atoms with Gasteiger partial charge in [-0.15, -0.1) is 0 Å². The summed E-state index contributed by atoms with van der Waals surface area (Å²) in [7, 11) is 3.26. The molecule has 3 rings (SSSR count). The van der Waals surface area contributed by atoms with Crippen LogP contribution in [0.5, 0.6) is 11.5 Å². The number of nitrogens with zero attached hydrogens (tertiary/aromatic N) is 2. The molecular weight excluding hydrogens is 450 g/mol. The van der Waals surface area contributed by atoms with E-state index in [0.29, 0.717) is 29.7 Å². The predicted octanol–water partition coefficient (Wildman–Crippen LogP) is 5.26. The van der Waals surface area contributed by atoms with Crippen LogP contribution in [0.4, 0.5) is 5.69 Å². The molecule has 0 aliphatic heterocycles. The Morgan fingerprint density at radius 3 is 2.38 bits per heavy atom. The maximum Gasteiger partial charge on any atom is 0.174 e. The third-order valence-electron chi connectivity index (χ3n) is 4.30. The number of anilines is 1. The summed E-state index contributed by atoms with van der Waals surface area (Å²) >= 11 is 9.18. The van der Waals surface area contributed by atoms with E-state index in [1.165, 1.54) is 0 Å². The van der Waals surface area contributed by atoms with Crippen molar-refractivity contribution in [3.8, 4) is 11.5 Å². The van der Waals surface area contributed by atoms with E-state index in [1.54, 1.807) is 20.4 Å². The average molecular weight is 472 g/mol. The Kier molecular flexibility index (Phi) is 7.43. The number of rotatable bonds is 7. The fourth-order valence-electron chi connectivity index (χ4n) is 2.85. The first-order chi connectivity index (χ1) is 14.1. The maximum atomic E-state index is 5.73. The van der Waals surface area contributed by atoms with Crippen LogP contribution in [0.1, 0.15) is 11.1 Å². The lowest BCUT2D eigenvalue weighted by Gasteiger charge is -2.26. The standard InChI is InChI=1S/C22H22BrN3O2S/c1-27-20-10-5-16(12-21(20)28-2)14-26(15-17-4-3-11-24-13-17)22(29)25-19-8-6-18(23)7-9-19/h3-13H,14-15H2,1-2H3,(H,25,29). The van der Waals surface area contributed by atoms with Crippen molar-refractivity contribution in [2.75, 3.05) is 19.5 Å². The SMILES string of the molecule is COc1ccc(CN(Cc2cccnc2)C(=S)Nc2ccc(Br)cc2)cc1OC. The predicted molar refractivity (Wildman–Crippen MR) is 123 cm³/mol. The van der Waals surface area contributed by atoms with E-state index in [9.17, 15) is 0 Å². The van der Waals surface area contributed by atoms with Gasteiger partial charge in [-0.2, -0.15) is 0 Å². The van der Waals surface area contributed by atoms with Gasteiger partial charge >= 0.3 is 0 Å². The maximum absolute atomic E-state index is 5.73. The highest BCUT2D eigenvalue weighted by molar-refractivity contribution is 9.10. The third-order valence-corrected chi connectivity index (χ3v) is 5.19. The minimum absolute atomic E-state index is 0.609. The molecule has 7 heteroatoms. The quantitative estimate of drug-likeness (QED) is 0.474. The monoisotopic (exact) mass is 471 g/mol. The van der Waals surface area contributed by atoms with Crippen LogP contribution in [0.2, 0.25) is 0 Å². The molecule has 29 heavy (non-hydrogen) atoms. The van der Waals surface area contributed by atoms with Crippen molar-refractivity contribution in [3.63, 3.8) is 0 Å². The molecule has 0 spiro atoms. The Labute approximate surface area is 184 Å². The van der Waals surface area contributed by atoms with Crippen LogP contribution in [0.25, 0.3) is 0 Å². The molecule has 0 aliphatic carbocycles. The van der Waals surface area contributed by atoms with E-state index in [-0.39, 0.29) is 0 Å². The van der Waals surface area contributed by atoms with Crippen molar-refractivity contribution >= 4 is 38.9 Å². The number of halogens is 1. The van der Waals surface area contributed by atoms with Gasteiger partial charge in [0.2, 0.25) is 0 Å². The number of thiocarbonyl (C=S) groups is 1. The third kappa shape index (κ3) is 5.92. The fraction of sp³-hybridized carbons (Fsp3) is 0.182. The molecule has 1 heterocycles. The Morgan fingerprint density at radius 2 is 1.72 bits per heavy atom. The summed E-state index contributed by atoms with van der Waals surface area (Å²) in [4.78, 5) is 6.31. The van der Waals surface area contributed by atoms with Crippen LogP contribution >= 0.6 is 28.1 Å². The lowest BCUT2D eigenvalue weighted by atomic mass is 10.1. The normalized spacial score (nSPS) is 10.3. The molecule has 0 saturated carbocycles. The Hall–Kier alpha value is -2.64. The topological polar surface area (TPSA) is 46.6 Å². The fourth-order valence-corrected chi connectivity index (χ4v) is 3.36. The summed E-state index contributed by atoms with van der Waals surface area (Å²) in [6.45, 7) is 1.24. The largest absolute Gasteiger partial charge is 0.493 e. The molecule has 0 bridgehead atoms. The molecule has 0 saturated heterocycles. The summed E-state index contributed by atoms with van der Waals surface area (Å²) < 4.78 is 11.8. The van der Waals surface area contributed by atoms with Crippen molar-refractivity contribution in [1.82, 2.24) is 9.88 Å². The van der Waals surface area contributed by atoms with Gasteiger partial charge in [0.15, 0.2) is 16.6 Å². The summed E-state index contributed by atoms with van der Waals surface area (Å²) in [6, 6.07) is 17.8. The van der Waals surface area contributed by atoms with E-state index in [0.717, 1.165) is 21.3 Å². The number of methoxy groups -OCH3 is 2. The van der Waals surface area contributed by atoms with Gasteiger partial charge in [0, 0.05) is 35.6 Å². The van der Waals surface area contributed by atoms with Gasteiger partial charge in [-0.3, -0.25) is 4.98 Å². The van der Waals surface area contributed by atoms with Crippen LogP contribution < -0.4 is 14.8 Å². The number of aromatic nitrogens is 1. The molecule has 150 valence electrons. The smallest absolute Gasteiger partial charge is 0.174 e. The molecule has 0 amide bonds. The number of hydrogen-bond acceptors (Lipinski definition) is 4. The zero-order valence-corrected chi connectivity index (χ0v) is 18.7. The number of benzene rings is 2. The number of nitrogens with one attached hydrogen (secondary N) is 1. The Balaban J connectivity index is 1.82. The van der Waals surface area contributed by atoms with E-state index in [4.69, 9.17) is 21.7 Å². The molecule has 3 aromatic rings. The molecule has 0 aliphatic rings. The second-order valence-corrected chi connectivity index (χ2v) is 7.65. The highest BCUT2D eigenvalue weighted by atomic mass is 79.9. The molecule has 0 radical (unpaired) electrons. The molecule has 0 fully saturated rings. The van der Waals surface area contributed by atoms with Gasteiger partial charge in [0.1, 0.15) is 0 Å². The van der Waals surface area contributed by atoms with E-state index in [1.807, 2.05) is 60.8 Å². The Morgan fingerprint density at radius 1 is 1.00 bits per heavy atom. The van der Waals surface area contributed by atoms with E-state index < -0.39 is 0 Å². The van der Waals surface area contributed by atoms with Crippen molar-refractivity contribution in [2.45, 2.75) is 13.1 Å². The second kappa shape index (κ2) is 10.2. The van der Waals surface area contributed by atoms with Gasteiger partial charge in [0.05, 0.1) is 14.2 Å². The molecule has 2 aromatic carbocycles. The Bertz CT molecular complexity index is 952. The van der Waals surface area contributed by atoms with Gasteiger partial charge < -0.3 is 19.7 Å². The average Bonchev–Trinajstić information content (AvgIpc) is 2.75. The van der Waals surface area contributed by atoms with Gasteiger partial charge in [-0.25, -0.2) is 0 Å². The van der Waals surface area contributed by atoms with Gasteiger partial charge in [-0.05, 0) is 65.8 Å². The molecule has 1 N–H and O–H groups in total. The highest BCUT2D eigenvalue weighted by Gasteiger charge is 2.14. The summed E-state index contributed by atoms with van der Waals surface area (Å²) in [6.07, 6.45) is 3.62. The van der Waals surface area contributed by atoms with Gasteiger partial charge in [0.25, 0.3) is 0 Å². The first-order valence-corrected chi connectivity index (χ1v) is 10.2. The van der Waals surface area contributed by atoms with Crippen LogP contribution in [-0.2, 0) is 13.1 Å². The summed E-state index contributed by atoms with van der Waals surface area (Å²) in [5.41, 5.74) is 3.07. The summed E-state index contributed by atoms with van der Waals surface area (Å²) in [5, 5.41) is 3.95. The zero-order valence-electron chi connectivity index (χ0n) is 16.3. The van der Waals surface area contributed by atoms with Crippen molar-refractivity contribution in [3.05, 3.63) is 82.6 Å². The van der Waals surface area contributed by atoms with E-state index in [2.05, 4.69) is 31.1 Å².